The molecule has 0 saturated carbocycles. The Morgan fingerprint density at radius 3 is 2.50 bits per heavy atom. The quantitative estimate of drug-likeness (QED) is 0.616. The zero-order valence-corrected chi connectivity index (χ0v) is 13.3. The molecule has 24 heavy (non-hydrogen) atoms. The molecule has 0 amide bonds. The maximum Gasteiger partial charge on any atom is 0.330 e. The van der Waals surface area contributed by atoms with Crippen LogP contribution in [0.2, 0.25) is 0 Å². The highest BCUT2D eigenvalue weighted by Gasteiger charge is 2.17. The first kappa shape index (κ1) is 17.1. The Morgan fingerprint density at radius 1 is 1.21 bits per heavy atom. The van der Waals surface area contributed by atoms with E-state index in [1.54, 1.807) is 18.2 Å². The zero-order chi connectivity index (χ0) is 17.9. The molecular weight excluding hydrogens is 316 g/mol. The minimum absolute atomic E-state index is 0.481. The average Bonchev–Trinajstić information content (AvgIpc) is 2.57. The fraction of sp³-hybridized carbons (Fsp3) is 0.188. The number of rotatable bonds is 5. The highest BCUT2D eigenvalue weighted by Crippen LogP contribution is 2.28. The summed E-state index contributed by atoms with van der Waals surface area (Å²) in [4.78, 5) is 37.2. The third-order valence-corrected chi connectivity index (χ3v) is 3.37. The van der Waals surface area contributed by atoms with E-state index < -0.39 is 28.5 Å². The van der Waals surface area contributed by atoms with Gasteiger partial charge in [-0.1, -0.05) is 12.1 Å². The van der Waals surface area contributed by atoms with Gasteiger partial charge in [-0.25, -0.2) is 4.79 Å². The van der Waals surface area contributed by atoms with Crippen LogP contribution in [0.1, 0.15) is 15.9 Å². The summed E-state index contributed by atoms with van der Waals surface area (Å²) in [6, 6.07) is 5.00. The molecule has 0 saturated heterocycles. The molecule has 1 heterocycles. The number of hydrogen-bond acceptors (Lipinski definition) is 6. The number of aromatic amines is 1. The van der Waals surface area contributed by atoms with Crippen molar-refractivity contribution in [3.8, 4) is 17.4 Å². The summed E-state index contributed by atoms with van der Waals surface area (Å²) in [6.45, 7) is 0. The second-order valence-corrected chi connectivity index (χ2v) is 4.83. The molecule has 0 aliphatic rings. The van der Waals surface area contributed by atoms with Crippen LogP contribution in [0.25, 0.3) is 6.08 Å². The number of nitrogens with zero attached hydrogens (tertiary/aromatic N) is 1. The van der Waals surface area contributed by atoms with E-state index in [4.69, 9.17) is 9.47 Å². The maximum absolute atomic E-state index is 12.2. The van der Waals surface area contributed by atoms with Gasteiger partial charge in [-0.3, -0.25) is 19.1 Å². The lowest BCUT2D eigenvalue weighted by atomic mass is 10.1. The summed E-state index contributed by atoms with van der Waals surface area (Å²) in [7, 11) is 4.23. The fourth-order valence-electron chi connectivity index (χ4n) is 2.04. The number of carbonyl (C=O) groups excluding carboxylic acids is 1. The molecule has 0 aliphatic heterocycles. The normalized spacial score (nSPS) is 10.8. The van der Waals surface area contributed by atoms with E-state index >= 15 is 0 Å². The Hall–Kier alpha value is -3.29. The van der Waals surface area contributed by atoms with E-state index in [1.807, 2.05) is 4.98 Å². The fourth-order valence-corrected chi connectivity index (χ4v) is 2.04. The first-order valence-corrected chi connectivity index (χ1v) is 6.85. The number of aromatic hydroxyl groups is 1. The van der Waals surface area contributed by atoms with Crippen LogP contribution in [0, 0.1) is 0 Å². The lowest BCUT2D eigenvalue weighted by molar-refractivity contribution is 0.104. The van der Waals surface area contributed by atoms with Gasteiger partial charge in [0.25, 0.3) is 5.56 Å². The Bertz CT molecular complexity index is 923. The summed E-state index contributed by atoms with van der Waals surface area (Å²) in [5, 5.41) is 9.83. The van der Waals surface area contributed by atoms with Crippen molar-refractivity contribution in [2.24, 2.45) is 7.05 Å². The number of H-pyrrole nitrogens is 1. The highest BCUT2D eigenvalue weighted by atomic mass is 16.5. The van der Waals surface area contributed by atoms with Gasteiger partial charge >= 0.3 is 5.69 Å². The Labute approximate surface area is 136 Å². The number of aromatic nitrogens is 2. The molecule has 0 bridgehead atoms. The number of ketones is 1. The third kappa shape index (κ3) is 3.22. The van der Waals surface area contributed by atoms with Crippen molar-refractivity contribution in [1.29, 1.82) is 0 Å². The summed E-state index contributed by atoms with van der Waals surface area (Å²) in [5.41, 5.74) is -1.63. The van der Waals surface area contributed by atoms with E-state index in [2.05, 4.69) is 0 Å². The molecule has 0 aliphatic carbocycles. The summed E-state index contributed by atoms with van der Waals surface area (Å²) in [5.74, 6) is -0.409. The molecular formula is C16H16N2O6. The van der Waals surface area contributed by atoms with Gasteiger partial charge in [0.15, 0.2) is 17.3 Å². The molecule has 1 aromatic carbocycles. The predicted molar refractivity (Wildman–Crippen MR) is 86.9 cm³/mol. The predicted octanol–water partition coefficient (Wildman–Crippen LogP) is 0.693. The van der Waals surface area contributed by atoms with Crippen LogP contribution in [-0.4, -0.2) is 34.7 Å². The lowest BCUT2D eigenvalue weighted by Crippen LogP contribution is -2.32. The van der Waals surface area contributed by atoms with E-state index in [0.717, 1.165) is 10.6 Å². The molecule has 0 spiro atoms. The van der Waals surface area contributed by atoms with Crippen LogP contribution in [0.3, 0.4) is 0 Å². The Balaban J connectivity index is 2.37. The van der Waals surface area contributed by atoms with E-state index in [0.29, 0.717) is 17.1 Å². The number of nitrogens with one attached hydrogen (secondary N) is 1. The minimum atomic E-state index is -0.947. The van der Waals surface area contributed by atoms with Crippen LogP contribution < -0.4 is 20.7 Å². The number of benzene rings is 1. The van der Waals surface area contributed by atoms with Crippen LogP contribution in [-0.2, 0) is 7.05 Å². The van der Waals surface area contributed by atoms with Crippen LogP contribution >= 0.6 is 0 Å². The van der Waals surface area contributed by atoms with Crippen molar-refractivity contribution in [2.45, 2.75) is 0 Å². The van der Waals surface area contributed by atoms with Crippen molar-refractivity contribution in [1.82, 2.24) is 9.55 Å². The van der Waals surface area contributed by atoms with Gasteiger partial charge in [0.05, 0.1) is 14.2 Å². The Kier molecular flexibility index (Phi) is 4.88. The molecule has 8 nitrogen and oxygen atoms in total. The highest BCUT2D eigenvalue weighted by molar-refractivity contribution is 6.08. The van der Waals surface area contributed by atoms with Crippen LogP contribution in [0.4, 0.5) is 0 Å². The lowest BCUT2D eigenvalue weighted by Gasteiger charge is -2.07. The SMILES string of the molecule is COc1ccc(/C=C/C(=O)c2c(O)n(C)c(=O)[nH]c2=O)cc1OC. The summed E-state index contributed by atoms with van der Waals surface area (Å²) >= 11 is 0. The van der Waals surface area contributed by atoms with Crippen molar-refractivity contribution < 1.29 is 19.4 Å². The first-order chi connectivity index (χ1) is 11.4. The second kappa shape index (κ2) is 6.86. The van der Waals surface area contributed by atoms with Gasteiger partial charge < -0.3 is 14.6 Å². The largest absolute Gasteiger partial charge is 0.494 e. The third-order valence-electron chi connectivity index (χ3n) is 3.37. The molecule has 0 atom stereocenters. The number of ether oxygens (including phenoxy) is 2. The number of carbonyl (C=O) groups is 1. The summed E-state index contributed by atoms with van der Waals surface area (Å²) < 4.78 is 11.1. The molecule has 2 rings (SSSR count). The molecule has 0 unspecified atom stereocenters. The first-order valence-electron chi connectivity index (χ1n) is 6.85. The van der Waals surface area contributed by atoms with E-state index in [-0.39, 0.29) is 0 Å². The van der Waals surface area contributed by atoms with Crippen molar-refractivity contribution in [3.63, 3.8) is 0 Å². The van der Waals surface area contributed by atoms with Crippen LogP contribution in [0.15, 0.2) is 33.9 Å². The van der Waals surface area contributed by atoms with Gasteiger partial charge in [0, 0.05) is 7.05 Å². The molecule has 126 valence electrons. The van der Waals surface area contributed by atoms with Gasteiger partial charge in [-0.15, -0.1) is 0 Å². The molecule has 8 heteroatoms. The minimum Gasteiger partial charge on any atom is -0.494 e. The monoisotopic (exact) mass is 332 g/mol. The van der Waals surface area contributed by atoms with Crippen molar-refractivity contribution in [3.05, 3.63) is 56.2 Å². The smallest absolute Gasteiger partial charge is 0.330 e. The maximum atomic E-state index is 12.2. The number of allylic oxidation sites excluding steroid dienone is 1. The average molecular weight is 332 g/mol. The number of hydrogen-bond donors (Lipinski definition) is 2. The van der Waals surface area contributed by atoms with Gasteiger partial charge in [-0.2, -0.15) is 0 Å². The van der Waals surface area contributed by atoms with E-state index in [1.165, 1.54) is 27.3 Å². The Morgan fingerprint density at radius 2 is 1.88 bits per heavy atom. The van der Waals surface area contributed by atoms with Crippen molar-refractivity contribution >= 4 is 11.9 Å². The van der Waals surface area contributed by atoms with Gasteiger partial charge in [0.2, 0.25) is 5.88 Å². The molecule has 1 aromatic heterocycles. The van der Waals surface area contributed by atoms with E-state index in [9.17, 15) is 19.5 Å². The molecule has 2 N–H and O–H groups in total. The summed E-state index contributed by atoms with van der Waals surface area (Å²) in [6.07, 6.45) is 2.57. The topological polar surface area (TPSA) is 111 Å². The molecule has 0 fully saturated rings. The van der Waals surface area contributed by atoms with Gasteiger partial charge in [0.1, 0.15) is 5.56 Å². The van der Waals surface area contributed by atoms with Crippen LogP contribution in [0.5, 0.6) is 17.4 Å². The van der Waals surface area contributed by atoms with Gasteiger partial charge in [-0.05, 0) is 23.8 Å². The second-order valence-electron chi connectivity index (χ2n) is 4.83. The molecule has 2 aromatic rings. The molecule has 0 radical (unpaired) electrons. The zero-order valence-electron chi connectivity index (χ0n) is 13.3. The standard InChI is InChI=1S/C16H16N2O6/c1-18-15(21)13(14(20)17-16(18)22)10(19)6-4-9-5-7-11(23-2)12(8-9)24-3/h4-8,21H,1-3H3,(H,17,20,22)/b6-4+. The van der Waals surface area contributed by atoms with Crippen molar-refractivity contribution in [2.75, 3.05) is 14.2 Å². The number of methoxy groups -OCH3 is 2.